The van der Waals surface area contributed by atoms with Crippen LogP contribution in [0.3, 0.4) is 0 Å². The summed E-state index contributed by atoms with van der Waals surface area (Å²) in [5, 5.41) is 9.08. The van der Waals surface area contributed by atoms with E-state index < -0.39 is 12.1 Å². The van der Waals surface area contributed by atoms with Crippen molar-refractivity contribution in [3.63, 3.8) is 0 Å². The molecule has 1 unspecified atom stereocenters. The van der Waals surface area contributed by atoms with E-state index in [0.29, 0.717) is 0 Å². The largest absolute Gasteiger partial charge is 0.508 e. The fraction of sp³-hybridized carbons (Fsp3) is 0.273. The van der Waals surface area contributed by atoms with Crippen LogP contribution >= 0.6 is 0 Å². The molecule has 1 aliphatic heterocycles. The van der Waals surface area contributed by atoms with Gasteiger partial charge in [-0.05, 0) is 17.7 Å². The van der Waals surface area contributed by atoms with E-state index in [2.05, 4.69) is 0 Å². The number of phenolic OH excluding ortho intramolecular Hbond substituents is 1. The smallest absolute Gasteiger partial charge is 0.313 e. The van der Waals surface area contributed by atoms with Gasteiger partial charge in [-0.25, -0.2) is 0 Å². The molecule has 4 nitrogen and oxygen atoms in total. The van der Waals surface area contributed by atoms with Crippen molar-refractivity contribution in [2.75, 3.05) is 0 Å². The summed E-state index contributed by atoms with van der Waals surface area (Å²) in [5.41, 5.74) is 0.731. The molecule has 2 rings (SSSR count). The number of carbonyl (C=O) groups excluding carboxylic acids is 2. The molecule has 0 amide bonds. The summed E-state index contributed by atoms with van der Waals surface area (Å²) in [6.07, 6.45) is -0.412. The van der Waals surface area contributed by atoms with Gasteiger partial charge in [0.15, 0.2) is 0 Å². The number of cyclic esters (lactones) is 1. The predicted molar refractivity (Wildman–Crippen MR) is 51.2 cm³/mol. The second-order valence-corrected chi connectivity index (χ2v) is 3.49. The van der Waals surface area contributed by atoms with Gasteiger partial charge in [-0.2, -0.15) is 0 Å². The lowest BCUT2D eigenvalue weighted by Crippen LogP contribution is -2.24. The minimum atomic E-state index is -0.501. The molecule has 0 radical (unpaired) electrons. The maximum absolute atomic E-state index is 11.2. The normalized spacial score (nSPS) is 21.2. The Balaban J connectivity index is 2.19. The van der Waals surface area contributed by atoms with Gasteiger partial charge in [-0.3, -0.25) is 9.59 Å². The van der Waals surface area contributed by atoms with Gasteiger partial charge in [0.1, 0.15) is 24.1 Å². The fourth-order valence-electron chi connectivity index (χ4n) is 1.56. The van der Waals surface area contributed by atoms with E-state index in [1.807, 2.05) is 0 Å². The monoisotopic (exact) mass is 206 g/mol. The van der Waals surface area contributed by atoms with E-state index in [-0.39, 0.29) is 24.4 Å². The number of aromatic hydroxyl groups is 1. The van der Waals surface area contributed by atoms with Gasteiger partial charge in [0, 0.05) is 6.42 Å². The Bertz CT molecular complexity index is 378. The highest BCUT2D eigenvalue weighted by molar-refractivity contribution is 5.97. The highest BCUT2D eigenvalue weighted by Crippen LogP contribution is 2.27. The van der Waals surface area contributed by atoms with Crippen LogP contribution in [0, 0.1) is 0 Å². The number of Topliss-reactive ketones (excluding diaryl/α,β-unsaturated/α-hetero) is 1. The van der Waals surface area contributed by atoms with E-state index in [0.717, 1.165) is 5.56 Å². The lowest BCUT2D eigenvalue weighted by Gasteiger charge is -2.21. The van der Waals surface area contributed by atoms with Crippen LogP contribution in [0.1, 0.15) is 24.5 Å². The minimum absolute atomic E-state index is 0.107. The third kappa shape index (κ3) is 2.15. The van der Waals surface area contributed by atoms with E-state index in [4.69, 9.17) is 9.84 Å². The lowest BCUT2D eigenvalue weighted by atomic mass is 10.0. The van der Waals surface area contributed by atoms with Crippen LogP contribution in [0.25, 0.3) is 0 Å². The number of carbonyl (C=O) groups is 2. The number of benzene rings is 1. The van der Waals surface area contributed by atoms with Crippen LogP contribution in [0.15, 0.2) is 24.3 Å². The number of phenols is 1. The quantitative estimate of drug-likeness (QED) is 0.556. The first-order valence-electron chi connectivity index (χ1n) is 4.65. The maximum atomic E-state index is 11.2. The number of ketones is 1. The molecular weight excluding hydrogens is 196 g/mol. The van der Waals surface area contributed by atoms with Gasteiger partial charge in [0.05, 0.1) is 0 Å². The topological polar surface area (TPSA) is 63.6 Å². The Morgan fingerprint density at radius 3 is 2.47 bits per heavy atom. The first kappa shape index (κ1) is 9.71. The van der Waals surface area contributed by atoms with Gasteiger partial charge in [0.2, 0.25) is 0 Å². The van der Waals surface area contributed by atoms with Gasteiger partial charge in [0.25, 0.3) is 0 Å². The third-order valence-corrected chi connectivity index (χ3v) is 2.29. The van der Waals surface area contributed by atoms with Crippen molar-refractivity contribution < 1.29 is 19.4 Å². The minimum Gasteiger partial charge on any atom is -0.508 e. The van der Waals surface area contributed by atoms with Crippen molar-refractivity contribution in [3.8, 4) is 5.75 Å². The fourth-order valence-corrected chi connectivity index (χ4v) is 1.56. The molecular formula is C11H10O4. The Labute approximate surface area is 86.5 Å². The molecule has 15 heavy (non-hydrogen) atoms. The molecule has 0 bridgehead atoms. The van der Waals surface area contributed by atoms with Crippen molar-refractivity contribution in [2.24, 2.45) is 0 Å². The molecule has 0 spiro atoms. The summed E-state index contributed by atoms with van der Waals surface area (Å²) in [4.78, 5) is 22.2. The zero-order valence-corrected chi connectivity index (χ0v) is 7.97. The van der Waals surface area contributed by atoms with E-state index in [1.54, 1.807) is 12.1 Å². The number of hydrogen-bond donors (Lipinski definition) is 1. The third-order valence-electron chi connectivity index (χ3n) is 2.29. The van der Waals surface area contributed by atoms with E-state index >= 15 is 0 Å². The Morgan fingerprint density at radius 2 is 1.87 bits per heavy atom. The summed E-state index contributed by atoms with van der Waals surface area (Å²) in [7, 11) is 0. The Kier molecular flexibility index (Phi) is 2.41. The molecule has 1 aromatic rings. The van der Waals surface area contributed by atoms with Crippen LogP contribution in [0.5, 0.6) is 5.75 Å². The van der Waals surface area contributed by atoms with Gasteiger partial charge < -0.3 is 9.84 Å². The molecule has 4 heteroatoms. The number of rotatable bonds is 1. The molecule has 0 aromatic heterocycles. The first-order valence-corrected chi connectivity index (χ1v) is 4.65. The predicted octanol–water partition coefficient (Wildman–Crippen LogP) is 1.34. The maximum Gasteiger partial charge on any atom is 0.313 e. The van der Waals surface area contributed by atoms with Gasteiger partial charge in [-0.1, -0.05) is 12.1 Å². The average molecular weight is 206 g/mol. The zero-order chi connectivity index (χ0) is 10.8. The molecule has 1 saturated heterocycles. The Morgan fingerprint density at radius 1 is 1.20 bits per heavy atom. The zero-order valence-electron chi connectivity index (χ0n) is 7.97. The average Bonchev–Trinajstić information content (AvgIpc) is 2.17. The van der Waals surface area contributed by atoms with Gasteiger partial charge >= 0.3 is 5.97 Å². The highest BCUT2D eigenvalue weighted by atomic mass is 16.5. The van der Waals surface area contributed by atoms with E-state index in [1.165, 1.54) is 12.1 Å². The van der Waals surface area contributed by atoms with Gasteiger partial charge in [-0.15, -0.1) is 0 Å². The summed E-state index contributed by atoms with van der Waals surface area (Å²) in [6.45, 7) is 0. The SMILES string of the molecule is O=C1CC(=O)OC(c2ccc(O)cc2)C1. The molecule has 1 fully saturated rings. The summed E-state index contributed by atoms with van der Waals surface area (Å²) in [6, 6.07) is 6.29. The molecule has 0 aliphatic carbocycles. The molecule has 1 aliphatic rings. The first-order chi connectivity index (χ1) is 7.15. The molecule has 1 atom stereocenters. The number of ether oxygens (including phenoxy) is 1. The van der Waals surface area contributed by atoms with Crippen LogP contribution < -0.4 is 0 Å². The standard InChI is InChI=1S/C11H10O4/c12-8-3-1-7(2-4-8)10-5-9(13)6-11(14)15-10/h1-4,10,12H,5-6H2. The van der Waals surface area contributed by atoms with Crippen LogP contribution in [0.4, 0.5) is 0 Å². The van der Waals surface area contributed by atoms with Crippen molar-refractivity contribution in [3.05, 3.63) is 29.8 Å². The molecule has 1 N–H and O–H groups in total. The Hall–Kier alpha value is -1.84. The second-order valence-electron chi connectivity index (χ2n) is 3.49. The van der Waals surface area contributed by atoms with Crippen molar-refractivity contribution in [2.45, 2.75) is 18.9 Å². The summed E-state index contributed by atoms with van der Waals surface area (Å²) in [5.74, 6) is -0.444. The lowest BCUT2D eigenvalue weighted by molar-refractivity contribution is -0.158. The summed E-state index contributed by atoms with van der Waals surface area (Å²) >= 11 is 0. The molecule has 1 heterocycles. The second kappa shape index (κ2) is 3.73. The van der Waals surface area contributed by atoms with E-state index in [9.17, 15) is 9.59 Å². The van der Waals surface area contributed by atoms with Crippen molar-refractivity contribution in [1.82, 2.24) is 0 Å². The number of hydrogen-bond acceptors (Lipinski definition) is 4. The highest BCUT2D eigenvalue weighted by Gasteiger charge is 2.27. The summed E-state index contributed by atoms with van der Waals surface area (Å²) < 4.78 is 5.04. The molecule has 1 aromatic carbocycles. The van der Waals surface area contributed by atoms with Crippen LogP contribution in [-0.4, -0.2) is 16.9 Å². The molecule has 0 saturated carbocycles. The van der Waals surface area contributed by atoms with Crippen molar-refractivity contribution >= 4 is 11.8 Å². The van der Waals surface area contributed by atoms with Crippen molar-refractivity contribution in [1.29, 1.82) is 0 Å². The van der Waals surface area contributed by atoms with Crippen LogP contribution in [-0.2, 0) is 14.3 Å². The van der Waals surface area contributed by atoms with Crippen LogP contribution in [0.2, 0.25) is 0 Å². The number of esters is 1. The molecule has 78 valence electrons.